The van der Waals surface area contributed by atoms with Crippen LogP contribution in [0.2, 0.25) is 5.02 Å². The molecule has 7 nitrogen and oxygen atoms in total. The molecule has 0 radical (unpaired) electrons. The molecule has 0 atom stereocenters. The van der Waals surface area contributed by atoms with Crippen molar-refractivity contribution < 1.29 is 9.90 Å². The molecule has 2 aromatic heterocycles. The van der Waals surface area contributed by atoms with Crippen LogP contribution in [-0.4, -0.2) is 37.4 Å². The predicted octanol–water partition coefficient (Wildman–Crippen LogP) is 1.97. The molecular formula is C13H10ClN5O2. The molecule has 2 N–H and O–H groups in total. The molecule has 0 aliphatic heterocycles. The summed E-state index contributed by atoms with van der Waals surface area (Å²) >= 11 is 6.16. The first-order chi connectivity index (χ1) is 10.2. The van der Waals surface area contributed by atoms with E-state index in [-0.39, 0.29) is 6.54 Å². The van der Waals surface area contributed by atoms with Crippen molar-refractivity contribution in [1.29, 1.82) is 0 Å². The van der Waals surface area contributed by atoms with Crippen molar-refractivity contribution in [3.63, 3.8) is 0 Å². The highest BCUT2D eigenvalue weighted by Gasteiger charge is 2.13. The zero-order chi connectivity index (χ0) is 14.8. The quantitative estimate of drug-likeness (QED) is 0.765. The van der Waals surface area contributed by atoms with Gasteiger partial charge in [0.05, 0.1) is 22.3 Å². The van der Waals surface area contributed by atoms with Gasteiger partial charge >= 0.3 is 5.97 Å². The highest BCUT2D eigenvalue weighted by Crippen LogP contribution is 2.25. The van der Waals surface area contributed by atoms with E-state index in [1.807, 2.05) is 18.2 Å². The molecule has 0 amide bonds. The van der Waals surface area contributed by atoms with Crippen LogP contribution in [0.25, 0.3) is 16.7 Å². The lowest BCUT2D eigenvalue weighted by Gasteiger charge is -2.06. The Morgan fingerprint density at radius 3 is 2.90 bits per heavy atom. The van der Waals surface area contributed by atoms with Crippen LogP contribution in [0.15, 0.2) is 36.8 Å². The maximum Gasteiger partial charge on any atom is 0.322 e. The Morgan fingerprint density at radius 1 is 1.33 bits per heavy atom. The lowest BCUT2D eigenvalue weighted by molar-refractivity contribution is -0.134. The zero-order valence-corrected chi connectivity index (χ0v) is 11.4. The summed E-state index contributed by atoms with van der Waals surface area (Å²) in [6, 6.07) is 7.25. The van der Waals surface area contributed by atoms with E-state index in [1.165, 1.54) is 6.33 Å². The number of rotatable bonds is 4. The molecule has 0 unspecified atom stereocenters. The molecule has 0 saturated carbocycles. The standard InChI is InChI=1S/C13H10ClN5O2/c14-9-3-1-2-4-10(9)19-13-8(5-18-19)12(16-7-17-13)15-6-11(20)21/h1-5,7H,6H2,(H,20,21)(H,15,16,17). The number of anilines is 1. The van der Waals surface area contributed by atoms with E-state index in [2.05, 4.69) is 20.4 Å². The lowest BCUT2D eigenvalue weighted by Crippen LogP contribution is -2.13. The van der Waals surface area contributed by atoms with E-state index in [0.29, 0.717) is 27.6 Å². The Labute approximate surface area is 124 Å². The van der Waals surface area contributed by atoms with Gasteiger partial charge in [0.15, 0.2) is 5.65 Å². The summed E-state index contributed by atoms with van der Waals surface area (Å²) in [5, 5.41) is 16.9. The summed E-state index contributed by atoms with van der Waals surface area (Å²) in [5.41, 5.74) is 1.24. The Balaban J connectivity index is 2.09. The second-order valence-corrected chi connectivity index (χ2v) is 4.62. The number of carboxylic acids is 1. The van der Waals surface area contributed by atoms with E-state index in [1.54, 1.807) is 16.9 Å². The van der Waals surface area contributed by atoms with E-state index in [0.717, 1.165) is 0 Å². The molecule has 8 heteroatoms. The van der Waals surface area contributed by atoms with Crippen molar-refractivity contribution in [2.24, 2.45) is 0 Å². The van der Waals surface area contributed by atoms with Gasteiger partial charge in [0, 0.05) is 0 Å². The first-order valence-electron chi connectivity index (χ1n) is 6.06. The smallest absolute Gasteiger partial charge is 0.322 e. The number of carbonyl (C=O) groups is 1. The van der Waals surface area contributed by atoms with Crippen LogP contribution in [-0.2, 0) is 4.79 Å². The van der Waals surface area contributed by atoms with Gasteiger partial charge in [0.1, 0.15) is 18.7 Å². The first kappa shape index (κ1) is 13.3. The number of para-hydroxylation sites is 1. The molecule has 0 bridgehead atoms. The van der Waals surface area contributed by atoms with E-state index < -0.39 is 5.97 Å². The van der Waals surface area contributed by atoms with Gasteiger partial charge < -0.3 is 10.4 Å². The number of aromatic nitrogens is 4. The Hall–Kier alpha value is -2.67. The second-order valence-electron chi connectivity index (χ2n) is 4.21. The van der Waals surface area contributed by atoms with Gasteiger partial charge in [0.25, 0.3) is 0 Å². The predicted molar refractivity (Wildman–Crippen MR) is 77.8 cm³/mol. The number of benzene rings is 1. The van der Waals surface area contributed by atoms with Gasteiger partial charge in [-0.2, -0.15) is 5.10 Å². The fourth-order valence-electron chi connectivity index (χ4n) is 1.94. The van der Waals surface area contributed by atoms with Crippen molar-refractivity contribution >= 4 is 34.4 Å². The molecule has 0 aliphatic carbocycles. The van der Waals surface area contributed by atoms with Crippen LogP contribution in [0.4, 0.5) is 5.82 Å². The van der Waals surface area contributed by atoms with Crippen molar-refractivity contribution in [2.75, 3.05) is 11.9 Å². The van der Waals surface area contributed by atoms with Crippen molar-refractivity contribution in [3.05, 3.63) is 41.8 Å². The summed E-state index contributed by atoms with van der Waals surface area (Å²) in [5.74, 6) is -0.555. The molecule has 106 valence electrons. The zero-order valence-electron chi connectivity index (χ0n) is 10.7. The Morgan fingerprint density at radius 2 is 2.14 bits per heavy atom. The normalized spacial score (nSPS) is 10.7. The van der Waals surface area contributed by atoms with Crippen LogP contribution in [0.5, 0.6) is 0 Å². The average Bonchev–Trinajstić information content (AvgIpc) is 2.90. The summed E-state index contributed by atoms with van der Waals surface area (Å²) < 4.78 is 1.59. The lowest BCUT2D eigenvalue weighted by atomic mass is 10.3. The molecule has 2 heterocycles. The average molecular weight is 304 g/mol. The van der Waals surface area contributed by atoms with E-state index in [4.69, 9.17) is 16.7 Å². The number of nitrogens with zero attached hydrogens (tertiary/aromatic N) is 4. The SMILES string of the molecule is O=C(O)CNc1ncnc2c1cnn2-c1ccccc1Cl. The van der Waals surface area contributed by atoms with Crippen molar-refractivity contribution in [3.8, 4) is 5.69 Å². The summed E-state index contributed by atoms with van der Waals surface area (Å²) in [7, 11) is 0. The van der Waals surface area contributed by atoms with Crippen LogP contribution in [0.1, 0.15) is 0 Å². The molecule has 3 rings (SSSR count). The minimum atomic E-state index is -0.972. The number of halogens is 1. The van der Waals surface area contributed by atoms with Crippen molar-refractivity contribution in [1.82, 2.24) is 19.7 Å². The molecule has 0 fully saturated rings. The number of hydrogen-bond acceptors (Lipinski definition) is 5. The van der Waals surface area contributed by atoms with E-state index in [9.17, 15) is 4.79 Å². The summed E-state index contributed by atoms with van der Waals surface area (Å²) in [6.45, 7) is -0.233. The minimum Gasteiger partial charge on any atom is -0.480 e. The van der Waals surface area contributed by atoms with Crippen LogP contribution < -0.4 is 5.32 Å². The molecule has 21 heavy (non-hydrogen) atoms. The third-order valence-corrected chi connectivity index (χ3v) is 3.17. The highest BCUT2D eigenvalue weighted by atomic mass is 35.5. The van der Waals surface area contributed by atoms with Crippen LogP contribution in [0.3, 0.4) is 0 Å². The highest BCUT2D eigenvalue weighted by molar-refractivity contribution is 6.32. The maximum absolute atomic E-state index is 10.6. The Kier molecular flexibility index (Phi) is 3.41. The topological polar surface area (TPSA) is 92.9 Å². The first-order valence-corrected chi connectivity index (χ1v) is 6.44. The van der Waals surface area contributed by atoms with Gasteiger partial charge in [-0.25, -0.2) is 14.6 Å². The number of hydrogen-bond donors (Lipinski definition) is 2. The molecule has 0 spiro atoms. The fraction of sp³-hybridized carbons (Fsp3) is 0.0769. The van der Waals surface area contributed by atoms with Gasteiger partial charge in [0.2, 0.25) is 0 Å². The van der Waals surface area contributed by atoms with Gasteiger partial charge in [-0.15, -0.1) is 0 Å². The maximum atomic E-state index is 10.6. The number of fused-ring (bicyclic) bond motifs is 1. The second kappa shape index (κ2) is 5.37. The molecular weight excluding hydrogens is 294 g/mol. The number of carboxylic acid groups (broad SMARTS) is 1. The minimum absolute atomic E-state index is 0.233. The molecule has 3 aromatic rings. The number of nitrogens with one attached hydrogen (secondary N) is 1. The summed E-state index contributed by atoms with van der Waals surface area (Å²) in [6.07, 6.45) is 2.92. The molecule has 1 aromatic carbocycles. The third kappa shape index (κ3) is 2.50. The fourth-order valence-corrected chi connectivity index (χ4v) is 2.16. The largest absolute Gasteiger partial charge is 0.480 e. The van der Waals surface area contributed by atoms with Gasteiger partial charge in [-0.3, -0.25) is 4.79 Å². The Bertz CT molecular complexity index is 817. The van der Waals surface area contributed by atoms with Gasteiger partial charge in [-0.1, -0.05) is 23.7 Å². The molecule has 0 saturated heterocycles. The number of aliphatic carboxylic acids is 1. The third-order valence-electron chi connectivity index (χ3n) is 2.85. The monoisotopic (exact) mass is 303 g/mol. The van der Waals surface area contributed by atoms with Crippen LogP contribution >= 0.6 is 11.6 Å². The molecule has 0 aliphatic rings. The van der Waals surface area contributed by atoms with Gasteiger partial charge in [-0.05, 0) is 12.1 Å². The van der Waals surface area contributed by atoms with E-state index >= 15 is 0 Å². The van der Waals surface area contributed by atoms with Crippen molar-refractivity contribution in [2.45, 2.75) is 0 Å². The summed E-state index contributed by atoms with van der Waals surface area (Å²) in [4.78, 5) is 18.9. The van der Waals surface area contributed by atoms with Crippen LogP contribution in [0, 0.1) is 0 Å².